The van der Waals surface area contributed by atoms with Gasteiger partial charge >= 0.3 is 0 Å². The van der Waals surface area contributed by atoms with Gasteiger partial charge in [0.15, 0.2) is 6.61 Å². The summed E-state index contributed by atoms with van der Waals surface area (Å²) in [6.45, 7) is 3.97. The van der Waals surface area contributed by atoms with Gasteiger partial charge < -0.3 is 10.2 Å². The maximum atomic E-state index is 11.7. The van der Waals surface area contributed by atoms with E-state index in [-0.39, 0.29) is 12.5 Å². The highest BCUT2D eigenvalue weighted by atomic mass is 16.6. The molecule has 2 aromatic carbocycles. The Labute approximate surface area is 130 Å². The van der Waals surface area contributed by atoms with Crippen LogP contribution in [-0.2, 0) is 16.1 Å². The quantitative estimate of drug-likeness (QED) is 0.654. The Kier molecular flexibility index (Phi) is 5.72. The maximum absolute atomic E-state index is 11.7. The molecule has 4 nitrogen and oxygen atoms in total. The second-order valence-electron chi connectivity index (χ2n) is 4.96. The topological polar surface area (TPSA) is 50.7 Å². The summed E-state index contributed by atoms with van der Waals surface area (Å²) in [5.74, 6) is -0.230. The fraction of sp³-hybridized carbons (Fsp3) is 0.222. The Morgan fingerprint density at radius 1 is 1.18 bits per heavy atom. The summed E-state index contributed by atoms with van der Waals surface area (Å²) in [4.78, 5) is 16.8. The first-order valence-electron chi connectivity index (χ1n) is 7.29. The lowest BCUT2D eigenvalue weighted by atomic mass is 10.1. The van der Waals surface area contributed by atoms with Crippen LogP contribution in [0.25, 0.3) is 0 Å². The number of hydrogen-bond donors (Lipinski definition) is 1. The minimum atomic E-state index is -0.230. The second-order valence-corrected chi connectivity index (χ2v) is 4.96. The van der Waals surface area contributed by atoms with Crippen LogP contribution in [-0.4, -0.2) is 18.7 Å². The first kappa shape index (κ1) is 15.8. The Balaban J connectivity index is 1.79. The molecule has 0 aliphatic rings. The number of aryl methyl sites for hydroxylation is 2. The molecule has 0 radical (unpaired) electrons. The average molecular weight is 296 g/mol. The molecule has 0 spiro atoms. The molecule has 0 heterocycles. The molecule has 22 heavy (non-hydrogen) atoms. The molecular weight excluding hydrogens is 276 g/mol. The van der Waals surface area contributed by atoms with Crippen molar-refractivity contribution in [2.45, 2.75) is 20.3 Å². The number of carbonyl (C=O) groups is 1. The van der Waals surface area contributed by atoms with Crippen LogP contribution in [0.15, 0.2) is 53.7 Å². The summed E-state index contributed by atoms with van der Waals surface area (Å²) in [6, 6.07) is 15.6. The molecule has 0 unspecified atom stereocenters. The van der Waals surface area contributed by atoms with Gasteiger partial charge in [0, 0.05) is 5.69 Å². The number of amides is 1. The molecule has 0 aromatic heterocycles. The zero-order valence-electron chi connectivity index (χ0n) is 12.9. The molecule has 0 saturated heterocycles. The highest BCUT2D eigenvalue weighted by molar-refractivity contribution is 5.91. The first-order chi connectivity index (χ1) is 10.7. The van der Waals surface area contributed by atoms with Crippen LogP contribution in [0, 0.1) is 6.92 Å². The molecule has 1 N–H and O–H groups in total. The van der Waals surface area contributed by atoms with Gasteiger partial charge in [0.25, 0.3) is 5.91 Å². The van der Waals surface area contributed by atoms with Crippen molar-refractivity contribution in [3.8, 4) is 0 Å². The molecule has 114 valence electrons. The van der Waals surface area contributed by atoms with Gasteiger partial charge in [-0.1, -0.05) is 48.5 Å². The van der Waals surface area contributed by atoms with Crippen LogP contribution in [0.1, 0.15) is 23.6 Å². The summed E-state index contributed by atoms with van der Waals surface area (Å²) < 4.78 is 0. The smallest absolute Gasteiger partial charge is 0.265 e. The van der Waals surface area contributed by atoms with Gasteiger partial charge in [0.2, 0.25) is 0 Å². The van der Waals surface area contributed by atoms with E-state index in [4.69, 9.17) is 4.84 Å². The molecule has 0 aliphatic carbocycles. The monoisotopic (exact) mass is 296 g/mol. The van der Waals surface area contributed by atoms with Crippen molar-refractivity contribution < 1.29 is 9.63 Å². The van der Waals surface area contributed by atoms with Gasteiger partial charge in [-0.05, 0) is 42.2 Å². The summed E-state index contributed by atoms with van der Waals surface area (Å²) in [7, 11) is 0. The Morgan fingerprint density at radius 3 is 2.59 bits per heavy atom. The fourth-order valence-corrected chi connectivity index (χ4v) is 1.94. The molecule has 0 atom stereocenters. The van der Waals surface area contributed by atoms with Crippen molar-refractivity contribution in [2.75, 3.05) is 11.9 Å². The largest absolute Gasteiger partial charge is 0.386 e. The SMILES string of the molecule is CCc1ccc(NC(=O)CON=Cc2ccccc2C)cc1. The number of benzene rings is 2. The second kappa shape index (κ2) is 7.98. The molecule has 0 saturated carbocycles. The number of rotatable bonds is 6. The van der Waals surface area contributed by atoms with Crippen molar-refractivity contribution in [3.05, 3.63) is 65.2 Å². The van der Waals surface area contributed by atoms with Crippen LogP contribution in [0.2, 0.25) is 0 Å². The van der Waals surface area contributed by atoms with Crippen LogP contribution < -0.4 is 5.32 Å². The minimum absolute atomic E-state index is 0.113. The molecular formula is C18H20N2O2. The van der Waals surface area contributed by atoms with E-state index in [2.05, 4.69) is 17.4 Å². The third-order valence-electron chi connectivity index (χ3n) is 3.30. The summed E-state index contributed by atoms with van der Waals surface area (Å²) >= 11 is 0. The third kappa shape index (κ3) is 4.74. The van der Waals surface area contributed by atoms with E-state index in [1.807, 2.05) is 55.5 Å². The van der Waals surface area contributed by atoms with Crippen LogP contribution in [0.5, 0.6) is 0 Å². The number of oxime groups is 1. The first-order valence-corrected chi connectivity index (χ1v) is 7.29. The average Bonchev–Trinajstić information content (AvgIpc) is 2.54. The number of carbonyl (C=O) groups excluding carboxylic acids is 1. The molecule has 0 bridgehead atoms. The van der Waals surface area contributed by atoms with Gasteiger partial charge in [-0.2, -0.15) is 0 Å². The van der Waals surface area contributed by atoms with E-state index in [1.165, 1.54) is 5.56 Å². The Bertz CT molecular complexity index is 648. The molecule has 2 aromatic rings. The van der Waals surface area contributed by atoms with Crippen LogP contribution in [0.4, 0.5) is 5.69 Å². The van der Waals surface area contributed by atoms with Gasteiger partial charge in [0.1, 0.15) is 0 Å². The van der Waals surface area contributed by atoms with E-state index in [1.54, 1.807) is 6.21 Å². The Morgan fingerprint density at radius 2 is 1.91 bits per heavy atom. The molecule has 4 heteroatoms. The van der Waals surface area contributed by atoms with E-state index < -0.39 is 0 Å². The number of hydrogen-bond acceptors (Lipinski definition) is 3. The summed E-state index contributed by atoms with van der Waals surface area (Å²) in [5.41, 5.74) is 4.07. The van der Waals surface area contributed by atoms with Gasteiger partial charge in [0.05, 0.1) is 6.21 Å². The Hall–Kier alpha value is -2.62. The van der Waals surface area contributed by atoms with Gasteiger partial charge in [-0.25, -0.2) is 0 Å². The fourth-order valence-electron chi connectivity index (χ4n) is 1.94. The minimum Gasteiger partial charge on any atom is -0.386 e. The number of nitrogens with zero attached hydrogens (tertiary/aromatic N) is 1. The van der Waals surface area contributed by atoms with E-state index in [0.717, 1.165) is 23.2 Å². The molecule has 0 aliphatic heterocycles. The van der Waals surface area contributed by atoms with E-state index >= 15 is 0 Å². The molecule has 0 fully saturated rings. The zero-order valence-corrected chi connectivity index (χ0v) is 12.9. The summed E-state index contributed by atoms with van der Waals surface area (Å²) in [6.07, 6.45) is 2.59. The lowest BCUT2D eigenvalue weighted by molar-refractivity contribution is -0.120. The molecule has 1 amide bonds. The van der Waals surface area contributed by atoms with Gasteiger partial charge in [-0.15, -0.1) is 0 Å². The summed E-state index contributed by atoms with van der Waals surface area (Å²) in [5, 5.41) is 6.59. The molecule has 2 rings (SSSR count). The lowest BCUT2D eigenvalue weighted by Crippen LogP contribution is -2.16. The van der Waals surface area contributed by atoms with Crippen LogP contribution >= 0.6 is 0 Å². The van der Waals surface area contributed by atoms with E-state index in [0.29, 0.717) is 0 Å². The van der Waals surface area contributed by atoms with Gasteiger partial charge in [-0.3, -0.25) is 4.79 Å². The van der Waals surface area contributed by atoms with E-state index in [9.17, 15) is 4.79 Å². The predicted molar refractivity (Wildman–Crippen MR) is 89.2 cm³/mol. The van der Waals surface area contributed by atoms with Crippen LogP contribution in [0.3, 0.4) is 0 Å². The predicted octanol–water partition coefficient (Wildman–Crippen LogP) is 3.55. The normalized spacial score (nSPS) is 10.6. The highest BCUT2D eigenvalue weighted by Crippen LogP contribution is 2.09. The van der Waals surface area contributed by atoms with Crippen molar-refractivity contribution >= 4 is 17.8 Å². The lowest BCUT2D eigenvalue weighted by Gasteiger charge is -2.05. The van der Waals surface area contributed by atoms with Crippen molar-refractivity contribution in [2.24, 2.45) is 5.16 Å². The number of nitrogens with one attached hydrogen (secondary N) is 1. The van der Waals surface area contributed by atoms with Crippen molar-refractivity contribution in [3.63, 3.8) is 0 Å². The highest BCUT2D eigenvalue weighted by Gasteiger charge is 2.02. The number of anilines is 1. The zero-order chi connectivity index (χ0) is 15.8. The standard InChI is InChI=1S/C18H20N2O2/c1-3-15-8-10-17(11-9-15)20-18(21)13-22-19-12-16-7-5-4-6-14(16)2/h4-12H,3,13H2,1-2H3,(H,20,21). The third-order valence-corrected chi connectivity index (χ3v) is 3.30. The van der Waals surface area contributed by atoms with Crippen molar-refractivity contribution in [1.29, 1.82) is 0 Å². The van der Waals surface area contributed by atoms with Crippen molar-refractivity contribution in [1.82, 2.24) is 0 Å². The maximum Gasteiger partial charge on any atom is 0.265 e.